The summed E-state index contributed by atoms with van der Waals surface area (Å²) in [4.78, 5) is 1.96. The van der Waals surface area contributed by atoms with Crippen molar-refractivity contribution in [2.75, 3.05) is 11.4 Å². The minimum absolute atomic E-state index is 0.443. The number of aliphatic hydroxyl groups is 1. The topological polar surface area (TPSA) is 47.3 Å². The minimum Gasteiger partial charge on any atom is -0.374 e. The number of aliphatic hydroxyl groups excluding tert-OH is 1. The van der Waals surface area contributed by atoms with E-state index in [1.165, 1.54) is 0 Å². The molecule has 1 N–H and O–H groups in total. The number of hydrogen-bond acceptors (Lipinski definition) is 3. The van der Waals surface area contributed by atoms with Crippen LogP contribution in [0.4, 0.5) is 5.69 Å². The van der Waals surface area contributed by atoms with Crippen molar-refractivity contribution in [3.05, 3.63) is 29.3 Å². The Labute approximate surface area is 95.9 Å². The van der Waals surface area contributed by atoms with Gasteiger partial charge in [0.2, 0.25) is 0 Å². The van der Waals surface area contributed by atoms with Crippen LogP contribution < -0.4 is 4.90 Å². The van der Waals surface area contributed by atoms with E-state index in [1.807, 2.05) is 30.0 Å². The second-order valence-electron chi connectivity index (χ2n) is 4.25. The summed E-state index contributed by atoms with van der Waals surface area (Å²) in [6.45, 7) is 2.82. The molecule has 0 aromatic heterocycles. The maximum absolute atomic E-state index is 9.98. The number of piperidine rings is 1. The standard InChI is InChI=1S/C13H16N2O/c1-10-5-4-6-11(9-14)13(10)15-8-3-2-7-12(15)16/h4-6,12,16H,2-3,7-8H2,1H3. The first kappa shape index (κ1) is 11.0. The van der Waals surface area contributed by atoms with Gasteiger partial charge in [0.25, 0.3) is 0 Å². The van der Waals surface area contributed by atoms with Gasteiger partial charge in [-0.2, -0.15) is 5.26 Å². The molecular formula is C13H16N2O. The number of nitrogens with zero attached hydrogens (tertiary/aromatic N) is 2. The Kier molecular flexibility index (Phi) is 3.12. The third-order valence-corrected chi connectivity index (χ3v) is 3.12. The molecule has 1 fully saturated rings. The summed E-state index contributed by atoms with van der Waals surface area (Å²) in [6.07, 6.45) is 2.49. The van der Waals surface area contributed by atoms with Gasteiger partial charge >= 0.3 is 0 Å². The van der Waals surface area contributed by atoms with Crippen LogP contribution in [0.5, 0.6) is 0 Å². The van der Waals surface area contributed by atoms with E-state index in [-0.39, 0.29) is 0 Å². The van der Waals surface area contributed by atoms with Crippen LogP contribution in [0.25, 0.3) is 0 Å². The van der Waals surface area contributed by atoms with Crippen molar-refractivity contribution in [2.24, 2.45) is 0 Å². The number of hydrogen-bond donors (Lipinski definition) is 1. The van der Waals surface area contributed by atoms with Gasteiger partial charge in [0.15, 0.2) is 0 Å². The highest BCUT2D eigenvalue weighted by Crippen LogP contribution is 2.29. The minimum atomic E-state index is -0.443. The van der Waals surface area contributed by atoms with E-state index in [9.17, 15) is 5.11 Å². The lowest BCUT2D eigenvalue weighted by atomic mass is 10.0. The van der Waals surface area contributed by atoms with Gasteiger partial charge in [0, 0.05) is 6.54 Å². The zero-order valence-corrected chi connectivity index (χ0v) is 9.48. The second kappa shape index (κ2) is 4.54. The molecule has 1 aromatic carbocycles. The van der Waals surface area contributed by atoms with E-state index >= 15 is 0 Å². The molecule has 1 heterocycles. The second-order valence-corrected chi connectivity index (χ2v) is 4.25. The van der Waals surface area contributed by atoms with Crippen molar-refractivity contribution in [1.82, 2.24) is 0 Å². The molecule has 0 aliphatic carbocycles. The summed E-state index contributed by atoms with van der Waals surface area (Å²) in [6, 6.07) is 7.88. The molecule has 0 amide bonds. The van der Waals surface area contributed by atoms with E-state index in [2.05, 4.69) is 6.07 Å². The molecule has 2 rings (SSSR count). The lowest BCUT2D eigenvalue weighted by Gasteiger charge is -2.35. The van der Waals surface area contributed by atoms with Crippen LogP contribution in [-0.4, -0.2) is 17.9 Å². The van der Waals surface area contributed by atoms with Crippen LogP contribution in [0, 0.1) is 18.3 Å². The molecule has 3 heteroatoms. The van der Waals surface area contributed by atoms with Gasteiger partial charge in [-0.15, -0.1) is 0 Å². The first-order chi connectivity index (χ1) is 7.74. The first-order valence-electron chi connectivity index (χ1n) is 5.68. The predicted octanol–water partition coefficient (Wildman–Crippen LogP) is 2.18. The highest BCUT2D eigenvalue weighted by molar-refractivity contribution is 5.64. The number of anilines is 1. The Bertz CT molecular complexity index is 422. The number of benzene rings is 1. The largest absolute Gasteiger partial charge is 0.374 e. The number of para-hydroxylation sites is 1. The summed E-state index contributed by atoms with van der Waals surface area (Å²) >= 11 is 0. The monoisotopic (exact) mass is 216 g/mol. The van der Waals surface area contributed by atoms with Gasteiger partial charge in [0.1, 0.15) is 12.3 Å². The van der Waals surface area contributed by atoms with E-state index in [0.29, 0.717) is 5.56 Å². The van der Waals surface area contributed by atoms with Crippen molar-refractivity contribution < 1.29 is 5.11 Å². The van der Waals surface area contributed by atoms with Gasteiger partial charge in [-0.1, -0.05) is 12.1 Å². The zero-order chi connectivity index (χ0) is 11.5. The number of rotatable bonds is 1. The smallest absolute Gasteiger partial charge is 0.126 e. The number of aryl methyl sites for hydroxylation is 1. The highest BCUT2D eigenvalue weighted by Gasteiger charge is 2.23. The van der Waals surface area contributed by atoms with Gasteiger partial charge in [0.05, 0.1) is 11.3 Å². The van der Waals surface area contributed by atoms with Crippen LogP contribution in [0.15, 0.2) is 18.2 Å². The molecule has 0 bridgehead atoms. The molecule has 1 aliphatic rings. The molecule has 0 saturated carbocycles. The van der Waals surface area contributed by atoms with Crippen LogP contribution in [0.3, 0.4) is 0 Å². The Hall–Kier alpha value is -1.53. The fourth-order valence-electron chi connectivity index (χ4n) is 2.31. The molecule has 0 radical (unpaired) electrons. The van der Waals surface area contributed by atoms with Gasteiger partial charge < -0.3 is 10.0 Å². The number of nitriles is 1. The summed E-state index contributed by atoms with van der Waals surface area (Å²) in [5, 5.41) is 19.1. The van der Waals surface area contributed by atoms with Crippen molar-refractivity contribution in [1.29, 1.82) is 5.26 Å². The summed E-state index contributed by atoms with van der Waals surface area (Å²) in [5.74, 6) is 0. The molecule has 16 heavy (non-hydrogen) atoms. The Morgan fingerprint density at radius 1 is 1.44 bits per heavy atom. The lowest BCUT2D eigenvalue weighted by Crippen LogP contribution is -2.40. The molecular weight excluding hydrogens is 200 g/mol. The van der Waals surface area contributed by atoms with Crippen LogP contribution in [0.2, 0.25) is 0 Å². The van der Waals surface area contributed by atoms with E-state index in [0.717, 1.165) is 37.1 Å². The van der Waals surface area contributed by atoms with Crippen molar-refractivity contribution in [2.45, 2.75) is 32.4 Å². The molecule has 0 spiro atoms. The van der Waals surface area contributed by atoms with Crippen LogP contribution >= 0.6 is 0 Å². The van der Waals surface area contributed by atoms with E-state index in [4.69, 9.17) is 5.26 Å². The van der Waals surface area contributed by atoms with E-state index < -0.39 is 6.23 Å². The highest BCUT2D eigenvalue weighted by atomic mass is 16.3. The Morgan fingerprint density at radius 2 is 2.25 bits per heavy atom. The summed E-state index contributed by atoms with van der Waals surface area (Å²) < 4.78 is 0. The fraction of sp³-hybridized carbons (Fsp3) is 0.462. The van der Waals surface area contributed by atoms with Gasteiger partial charge in [-0.3, -0.25) is 0 Å². The molecule has 1 unspecified atom stereocenters. The maximum atomic E-state index is 9.98. The summed E-state index contributed by atoms with van der Waals surface area (Å²) in [7, 11) is 0. The van der Waals surface area contributed by atoms with Gasteiger partial charge in [-0.05, 0) is 37.8 Å². The van der Waals surface area contributed by atoms with Gasteiger partial charge in [-0.25, -0.2) is 0 Å². The van der Waals surface area contributed by atoms with Crippen molar-refractivity contribution in [3.63, 3.8) is 0 Å². The normalized spacial score (nSPS) is 20.6. The lowest BCUT2D eigenvalue weighted by molar-refractivity contribution is 0.140. The summed E-state index contributed by atoms with van der Waals surface area (Å²) in [5.41, 5.74) is 2.61. The molecule has 1 aromatic rings. The molecule has 84 valence electrons. The third kappa shape index (κ3) is 1.89. The average Bonchev–Trinajstić information content (AvgIpc) is 2.30. The van der Waals surface area contributed by atoms with Crippen LogP contribution in [0.1, 0.15) is 30.4 Å². The first-order valence-corrected chi connectivity index (χ1v) is 5.68. The predicted molar refractivity (Wildman–Crippen MR) is 63.1 cm³/mol. The zero-order valence-electron chi connectivity index (χ0n) is 9.48. The quantitative estimate of drug-likeness (QED) is 0.782. The van der Waals surface area contributed by atoms with Crippen molar-refractivity contribution >= 4 is 5.69 Å². The Morgan fingerprint density at radius 3 is 2.94 bits per heavy atom. The van der Waals surface area contributed by atoms with E-state index in [1.54, 1.807) is 0 Å². The Balaban J connectivity index is 2.42. The molecule has 1 atom stereocenters. The molecule has 3 nitrogen and oxygen atoms in total. The van der Waals surface area contributed by atoms with Crippen molar-refractivity contribution in [3.8, 4) is 6.07 Å². The molecule has 1 saturated heterocycles. The fourth-order valence-corrected chi connectivity index (χ4v) is 2.31. The SMILES string of the molecule is Cc1cccc(C#N)c1N1CCCCC1O. The van der Waals surface area contributed by atoms with Crippen LogP contribution in [-0.2, 0) is 0 Å². The average molecular weight is 216 g/mol. The molecule has 1 aliphatic heterocycles. The maximum Gasteiger partial charge on any atom is 0.126 e. The third-order valence-electron chi connectivity index (χ3n) is 3.12.